The van der Waals surface area contributed by atoms with Crippen molar-refractivity contribution in [3.63, 3.8) is 0 Å². The van der Waals surface area contributed by atoms with Crippen LogP contribution in [-0.2, 0) is 4.79 Å². The summed E-state index contributed by atoms with van der Waals surface area (Å²) in [6.07, 6.45) is 3.88. The predicted molar refractivity (Wildman–Crippen MR) is 57.1 cm³/mol. The van der Waals surface area contributed by atoms with Crippen molar-refractivity contribution in [3.8, 4) is 0 Å². The van der Waals surface area contributed by atoms with E-state index in [1.807, 2.05) is 0 Å². The molecule has 0 spiro atoms. The molecule has 3 atom stereocenters. The minimum absolute atomic E-state index is 0.0124. The zero-order chi connectivity index (χ0) is 11.1. The van der Waals surface area contributed by atoms with Crippen LogP contribution < -0.4 is 5.73 Å². The SMILES string of the molecule is CC1CCCC(O)(CN2CC(N)C2=O)C1. The molecule has 0 bridgehead atoms. The lowest BCUT2D eigenvalue weighted by molar-refractivity contribution is -0.149. The monoisotopic (exact) mass is 212 g/mol. The molecule has 3 N–H and O–H groups in total. The van der Waals surface area contributed by atoms with Gasteiger partial charge in [-0.3, -0.25) is 4.79 Å². The number of carbonyl (C=O) groups is 1. The first-order chi connectivity index (χ1) is 7.00. The number of aliphatic hydroxyl groups is 1. The lowest BCUT2D eigenvalue weighted by Gasteiger charge is -2.44. The van der Waals surface area contributed by atoms with E-state index in [2.05, 4.69) is 6.92 Å². The fourth-order valence-electron chi connectivity index (χ4n) is 2.80. The molecule has 1 aliphatic heterocycles. The number of carbonyl (C=O) groups excluding carboxylic acids is 1. The fraction of sp³-hybridized carbons (Fsp3) is 0.909. The van der Waals surface area contributed by atoms with Gasteiger partial charge in [0.2, 0.25) is 5.91 Å². The largest absolute Gasteiger partial charge is 0.388 e. The second-order valence-electron chi connectivity index (χ2n) is 5.25. The van der Waals surface area contributed by atoms with E-state index in [-0.39, 0.29) is 11.9 Å². The van der Waals surface area contributed by atoms with E-state index in [1.165, 1.54) is 6.42 Å². The minimum Gasteiger partial charge on any atom is -0.388 e. The van der Waals surface area contributed by atoms with Crippen LogP contribution in [0.4, 0.5) is 0 Å². The fourth-order valence-corrected chi connectivity index (χ4v) is 2.80. The lowest BCUT2D eigenvalue weighted by atomic mass is 9.78. The maximum atomic E-state index is 11.3. The van der Waals surface area contributed by atoms with Crippen LogP contribution in [0, 0.1) is 5.92 Å². The van der Waals surface area contributed by atoms with Crippen molar-refractivity contribution in [1.29, 1.82) is 0 Å². The Hall–Kier alpha value is -0.610. The Bertz CT molecular complexity index is 269. The van der Waals surface area contributed by atoms with Gasteiger partial charge >= 0.3 is 0 Å². The number of nitrogens with two attached hydrogens (primary N) is 1. The molecule has 0 aromatic carbocycles. The van der Waals surface area contributed by atoms with Crippen LogP contribution in [0.2, 0.25) is 0 Å². The van der Waals surface area contributed by atoms with E-state index in [9.17, 15) is 9.90 Å². The van der Waals surface area contributed by atoms with Crippen LogP contribution in [0.25, 0.3) is 0 Å². The number of hydrogen-bond acceptors (Lipinski definition) is 3. The number of rotatable bonds is 2. The first kappa shape index (κ1) is 10.9. The molecule has 2 fully saturated rings. The molecule has 1 aliphatic carbocycles. The van der Waals surface area contributed by atoms with Gasteiger partial charge in [0.1, 0.15) is 6.04 Å². The summed E-state index contributed by atoms with van der Waals surface area (Å²) in [7, 11) is 0. The Labute approximate surface area is 90.4 Å². The Morgan fingerprint density at radius 1 is 1.67 bits per heavy atom. The molecule has 0 radical (unpaired) electrons. The van der Waals surface area contributed by atoms with Crippen molar-refractivity contribution in [3.05, 3.63) is 0 Å². The van der Waals surface area contributed by atoms with E-state index >= 15 is 0 Å². The average Bonchev–Trinajstić information content (AvgIpc) is 2.16. The molecule has 1 amide bonds. The van der Waals surface area contributed by atoms with Crippen molar-refractivity contribution in [1.82, 2.24) is 4.90 Å². The summed E-state index contributed by atoms with van der Waals surface area (Å²) in [4.78, 5) is 13.0. The maximum absolute atomic E-state index is 11.3. The van der Waals surface area contributed by atoms with Gasteiger partial charge in [-0.2, -0.15) is 0 Å². The van der Waals surface area contributed by atoms with Gasteiger partial charge < -0.3 is 15.7 Å². The maximum Gasteiger partial charge on any atom is 0.241 e. The van der Waals surface area contributed by atoms with Gasteiger partial charge in [-0.1, -0.05) is 19.8 Å². The number of amides is 1. The summed E-state index contributed by atoms with van der Waals surface area (Å²) >= 11 is 0. The molecule has 1 saturated heterocycles. The van der Waals surface area contributed by atoms with E-state index in [0.717, 1.165) is 19.3 Å². The van der Waals surface area contributed by atoms with Crippen LogP contribution in [0.1, 0.15) is 32.6 Å². The first-order valence-corrected chi connectivity index (χ1v) is 5.77. The Morgan fingerprint density at radius 3 is 2.93 bits per heavy atom. The molecule has 4 heteroatoms. The van der Waals surface area contributed by atoms with Gasteiger partial charge in [-0.05, 0) is 18.8 Å². The normalized spacial score (nSPS) is 41.5. The Balaban J connectivity index is 1.90. The van der Waals surface area contributed by atoms with Crippen LogP contribution in [0.5, 0.6) is 0 Å². The smallest absolute Gasteiger partial charge is 0.241 e. The molecule has 1 heterocycles. The average molecular weight is 212 g/mol. The Morgan fingerprint density at radius 2 is 2.40 bits per heavy atom. The third-order valence-corrected chi connectivity index (χ3v) is 3.60. The standard InChI is InChI=1S/C11H20N2O2/c1-8-3-2-4-11(15,5-8)7-13-6-9(12)10(13)14/h8-9,15H,2-7,12H2,1H3. The minimum atomic E-state index is -0.659. The molecule has 86 valence electrons. The summed E-state index contributed by atoms with van der Waals surface area (Å²) in [5.74, 6) is 0.551. The molecule has 1 saturated carbocycles. The van der Waals surface area contributed by atoms with Gasteiger partial charge in [-0.25, -0.2) is 0 Å². The van der Waals surface area contributed by atoms with Crippen molar-refractivity contribution in [2.45, 2.75) is 44.2 Å². The number of β-lactam (4-membered cyclic amide) rings is 1. The third kappa shape index (κ3) is 2.16. The number of β-amino-alcohol motifs (C(OH)–C–C–N with tert-alkyl or cyclic N) is 1. The molecule has 3 unspecified atom stereocenters. The molecule has 4 nitrogen and oxygen atoms in total. The predicted octanol–water partition coefficient (Wildman–Crippen LogP) is 0.0971. The summed E-state index contributed by atoms with van der Waals surface area (Å²) in [6, 6.07) is -0.324. The number of nitrogens with zero attached hydrogens (tertiary/aromatic N) is 1. The van der Waals surface area contributed by atoms with E-state index in [0.29, 0.717) is 19.0 Å². The molecule has 0 aromatic rings. The van der Waals surface area contributed by atoms with Crippen LogP contribution in [0.15, 0.2) is 0 Å². The Kier molecular flexibility index (Phi) is 2.73. The first-order valence-electron chi connectivity index (χ1n) is 5.77. The summed E-state index contributed by atoms with van der Waals surface area (Å²) < 4.78 is 0. The van der Waals surface area contributed by atoms with Crippen molar-refractivity contribution >= 4 is 5.91 Å². The van der Waals surface area contributed by atoms with Crippen molar-refractivity contribution in [2.75, 3.05) is 13.1 Å². The van der Waals surface area contributed by atoms with Crippen molar-refractivity contribution < 1.29 is 9.90 Å². The highest BCUT2D eigenvalue weighted by Crippen LogP contribution is 2.33. The summed E-state index contributed by atoms with van der Waals surface area (Å²) in [6.45, 7) is 3.24. The highest BCUT2D eigenvalue weighted by Gasteiger charge is 2.41. The highest BCUT2D eigenvalue weighted by atomic mass is 16.3. The van der Waals surface area contributed by atoms with Gasteiger partial charge in [0.25, 0.3) is 0 Å². The molecule has 2 rings (SSSR count). The quantitative estimate of drug-likeness (QED) is 0.638. The van der Waals surface area contributed by atoms with Gasteiger partial charge in [0, 0.05) is 13.1 Å². The number of hydrogen-bond donors (Lipinski definition) is 2. The van der Waals surface area contributed by atoms with E-state index in [4.69, 9.17) is 5.73 Å². The van der Waals surface area contributed by atoms with Crippen molar-refractivity contribution in [2.24, 2.45) is 11.7 Å². The highest BCUT2D eigenvalue weighted by molar-refractivity contribution is 5.87. The van der Waals surface area contributed by atoms with E-state index in [1.54, 1.807) is 4.90 Å². The summed E-state index contributed by atoms with van der Waals surface area (Å²) in [5, 5.41) is 10.3. The molecule has 0 aromatic heterocycles. The molecule has 2 aliphatic rings. The molecular weight excluding hydrogens is 192 g/mol. The van der Waals surface area contributed by atoms with E-state index < -0.39 is 5.60 Å². The lowest BCUT2D eigenvalue weighted by Crippen LogP contribution is -2.64. The summed E-state index contributed by atoms with van der Waals surface area (Å²) in [5.41, 5.74) is 4.86. The molecule has 15 heavy (non-hydrogen) atoms. The van der Waals surface area contributed by atoms with Gasteiger partial charge in [-0.15, -0.1) is 0 Å². The second-order valence-corrected chi connectivity index (χ2v) is 5.25. The van der Waals surface area contributed by atoms with Crippen LogP contribution in [0.3, 0.4) is 0 Å². The van der Waals surface area contributed by atoms with Gasteiger partial charge in [0.15, 0.2) is 0 Å². The zero-order valence-electron chi connectivity index (χ0n) is 9.28. The van der Waals surface area contributed by atoms with Gasteiger partial charge in [0.05, 0.1) is 5.60 Å². The number of likely N-dealkylation sites (tertiary alicyclic amines) is 1. The van der Waals surface area contributed by atoms with Crippen LogP contribution in [-0.4, -0.2) is 40.6 Å². The zero-order valence-corrected chi connectivity index (χ0v) is 9.28. The topological polar surface area (TPSA) is 66.6 Å². The molecular formula is C11H20N2O2. The third-order valence-electron chi connectivity index (χ3n) is 3.60. The second kappa shape index (κ2) is 3.76. The van der Waals surface area contributed by atoms with Crippen LogP contribution >= 0.6 is 0 Å².